The van der Waals surface area contributed by atoms with E-state index in [9.17, 15) is 24.5 Å². The number of aliphatic hydroxyl groups excluding tert-OH is 2. The molecule has 1 amide bonds. The van der Waals surface area contributed by atoms with Crippen LogP contribution >= 0.6 is 0 Å². The SMILES string of the molecule is CC(=O)C(N=O)C(O)C(N=O)C(O)C(N)=O. The van der Waals surface area contributed by atoms with Gasteiger partial charge in [-0.3, -0.25) is 9.59 Å². The largest absolute Gasteiger partial charge is 0.388 e. The van der Waals surface area contributed by atoms with Gasteiger partial charge in [0.15, 0.2) is 24.0 Å². The summed E-state index contributed by atoms with van der Waals surface area (Å²) in [6.45, 7) is 0.952. The smallest absolute Gasteiger partial charge is 0.248 e. The number of aliphatic hydroxyl groups is 2. The molecule has 90 valence electrons. The van der Waals surface area contributed by atoms with E-state index in [4.69, 9.17) is 5.11 Å². The van der Waals surface area contributed by atoms with Crippen molar-refractivity contribution < 1.29 is 19.8 Å². The molecular formula is C7H11N3O6. The summed E-state index contributed by atoms with van der Waals surface area (Å²) in [7, 11) is 0. The van der Waals surface area contributed by atoms with Gasteiger partial charge in [0.2, 0.25) is 5.91 Å². The highest BCUT2D eigenvalue weighted by Gasteiger charge is 2.39. The number of nitroso groups, excluding NO2 is 2. The number of primary amides is 1. The molecule has 0 rings (SSSR count). The lowest BCUT2D eigenvalue weighted by molar-refractivity contribution is -0.130. The first-order chi connectivity index (χ1) is 7.36. The zero-order valence-corrected chi connectivity index (χ0v) is 8.31. The summed E-state index contributed by atoms with van der Waals surface area (Å²) in [6, 6.07) is -3.69. The van der Waals surface area contributed by atoms with Gasteiger partial charge in [0.05, 0.1) is 0 Å². The van der Waals surface area contributed by atoms with Crippen LogP contribution in [0.2, 0.25) is 0 Å². The van der Waals surface area contributed by atoms with Gasteiger partial charge in [0.1, 0.15) is 6.10 Å². The molecule has 0 saturated carbocycles. The normalized spacial score (nSPS) is 17.9. The Bertz CT molecular complexity index is 306. The van der Waals surface area contributed by atoms with E-state index in [1.165, 1.54) is 0 Å². The second-order valence-electron chi connectivity index (χ2n) is 3.09. The van der Waals surface area contributed by atoms with Crippen molar-refractivity contribution in [2.75, 3.05) is 0 Å². The van der Waals surface area contributed by atoms with E-state index in [-0.39, 0.29) is 0 Å². The molecule has 0 aromatic heterocycles. The Kier molecular flexibility index (Phi) is 5.33. The third-order valence-electron chi connectivity index (χ3n) is 1.94. The van der Waals surface area contributed by atoms with Crippen molar-refractivity contribution in [3.05, 3.63) is 9.81 Å². The number of carbonyl (C=O) groups is 2. The Balaban J connectivity index is 4.95. The molecule has 0 saturated heterocycles. The van der Waals surface area contributed by atoms with Gasteiger partial charge in [-0.1, -0.05) is 10.4 Å². The first-order valence-electron chi connectivity index (χ1n) is 4.17. The number of ketones is 1. The Labute approximate surface area is 89.6 Å². The fraction of sp³-hybridized carbons (Fsp3) is 0.714. The fourth-order valence-electron chi connectivity index (χ4n) is 1.04. The number of rotatable bonds is 7. The van der Waals surface area contributed by atoms with Crippen LogP contribution in [0.4, 0.5) is 0 Å². The zero-order chi connectivity index (χ0) is 12.9. The van der Waals surface area contributed by atoms with E-state index in [0.29, 0.717) is 0 Å². The molecule has 0 bridgehead atoms. The summed E-state index contributed by atoms with van der Waals surface area (Å²) < 4.78 is 0. The molecule has 4 atom stereocenters. The number of amides is 1. The second kappa shape index (κ2) is 5.98. The standard InChI is InChI=1S/C7H11N3O6/c1-2(11)3(9-15)5(12)4(10-16)6(13)7(8)14/h3-6,12-13H,1H3,(H2,8,14). The van der Waals surface area contributed by atoms with E-state index in [2.05, 4.69) is 16.1 Å². The second-order valence-corrected chi connectivity index (χ2v) is 3.09. The first kappa shape index (κ1) is 14.3. The maximum absolute atomic E-state index is 10.8. The quantitative estimate of drug-likeness (QED) is 0.433. The number of Topliss-reactive ketones (excluding diaryl/α,β-unsaturated/α-hetero) is 1. The maximum atomic E-state index is 10.8. The predicted molar refractivity (Wildman–Crippen MR) is 51.1 cm³/mol. The van der Waals surface area contributed by atoms with Crippen molar-refractivity contribution in [2.45, 2.75) is 31.2 Å². The van der Waals surface area contributed by atoms with Crippen molar-refractivity contribution in [1.82, 2.24) is 0 Å². The van der Waals surface area contributed by atoms with Crippen LogP contribution in [0.5, 0.6) is 0 Å². The minimum Gasteiger partial charge on any atom is -0.388 e. The summed E-state index contributed by atoms with van der Waals surface area (Å²) in [5.41, 5.74) is 4.68. The average molecular weight is 233 g/mol. The third kappa shape index (κ3) is 3.14. The lowest BCUT2D eigenvalue weighted by Crippen LogP contribution is -2.49. The number of hydrogen-bond donors (Lipinski definition) is 3. The molecule has 0 aliphatic rings. The summed E-state index contributed by atoms with van der Waals surface area (Å²) in [5.74, 6) is -2.13. The monoisotopic (exact) mass is 233 g/mol. The Morgan fingerprint density at radius 3 is 1.94 bits per heavy atom. The number of nitrogens with zero attached hydrogens (tertiary/aromatic N) is 2. The van der Waals surface area contributed by atoms with Crippen LogP contribution in [-0.2, 0) is 9.59 Å². The molecule has 0 aliphatic carbocycles. The molecule has 0 aliphatic heterocycles. The van der Waals surface area contributed by atoms with E-state index in [0.717, 1.165) is 6.92 Å². The lowest BCUT2D eigenvalue weighted by Gasteiger charge is -2.21. The van der Waals surface area contributed by atoms with Gasteiger partial charge in [-0.25, -0.2) is 0 Å². The van der Waals surface area contributed by atoms with E-state index < -0.39 is 36.0 Å². The van der Waals surface area contributed by atoms with Gasteiger partial charge >= 0.3 is 0 Å². The molecular weight excluding hydrogens is 222 g/mol. The minimum absolute atomic E-state index is 0.826. The number of nitrogens with two attached hydrogens (primary N) is 1. The highest BCUT2D eigenvalue weighted by molar-refractivity contribution is 5.83. The molecule has 0 aromatic carbocycles. The van der Waals surface area contributed by atoms with Crippen LogP contribution in [0.1, 0.15) is 6.92 Å². The first-order valence-corrected chi connectivity index (χ1v) is 4.17. The Morgan fingerprint density at radius 2 is 1.69 bits per heavy atom. The van der Waals surface area contributed by atoms with E-state index in [1.54, 1.807) is 0 Å². The van der Waals surface area contributed by atoms with Crippen molar-refractivity contribution in [1.29, 1.82) is 0 Å². The van der Waals surface area contributed by atoms with Gasteiger partial charge in [0, 0.05) is 0 Å². The highest BCUT2D eigenvalue weighted by atomic mass is 16.3. The predicted octanol–water partition coefficient (Wildman–Crippen LogP) is -1.95. The van der Waals surface area contributed by atoms with Crippen molar-refractivity contribution in [3.8, 4) is 0 Å². The summed E-state index contributed by atoms with van der Waals surface area (Å²) in [6.07, 6.45) is -4.08. The van der Waals surface area contributed by atoms with Crippen LogP contribution in [0, 0.1) is 9.81 Å². The lowest BCUT2D eigenvalue weighted by atomic mass is 9.97. The van der Waals surface area contributed by atoms with Crippen LogP contribution in [0.3, 0.4) is 0 Å². The molecule has 0 spiro atoms. The minimum atomic E-state index is -2.09. The van der Waals surface area contributed by atoms with Crippen LogP contribution in [-0.4, -0.2) is 46.2 Å². The zero-order valence-electron chi connectivity index (χ0n) is 8.31. The van der Waals surface area contributed by atoms with Crippen LogP contribution in [0.15, 0.2) is 10.4 Å². The van der Waals surface area contributed by atoms with Crippen LogP contribution < -0.4 is 5.73 Å². The number of carbonyl (C=O) groups excluding carboxylic acids is 2. The molecule has 0 fully saturated rings. The molecule has 4 N–H and O–H groups in total. The van der Waals surface area contributed by atoms with Crippen molar-refractivity contribution in [3.63, 3.8) is 0 Å². The van der Waals surface area contributed by atoms with Gasteiger partial charge in [-0.15, -0.1) is 4.91 Å². The van der Waals surface area contributed by atoms with Crippen molar-refractivity contribution in [2.24, 2.45) is 16.1 Å². The van der Waals surface area contributed by atoms with Crippen LogP contribution in [0.25, 0.3) is 0 Å². The average Bonchev–Trinajstić information content (AvgIpc) is 2.18. The topological polar surface area (TPSA) is 159 Å². The van der Waals surface area contributed by atoms with Gasteiger partial charge in [0.25, 0.3) is 0 Å². The maximum Gasteiger partial charge on any atom is 0.248 e. The summed E-state index contributed by atoms with van der Waals surface area (Å²) in [4.78, 5) is 41.9. The molecule has 0 aromatic rings. The fourth-order valence-corrected chi connectivity index (χ4v) is 1.04. The van der Waals surface area contributed by atoms with Gasteiger partial charge in [-0.2, -0.15) is 4.91 Å². The molecule has 16 heavy (non-hydrogen) atoms. The molecule has 0 heterocycles. The third-order valence-corrected chi connectivity index (χ3v) is 1.94. The van der Waals surface area contributed by atoms with Gasteiger partial charge in [-0.05, 0) is 6.92 Å². The summed E-state index contributed by atoms with van der Waals surface area (Å²) in [5, 5.41) is 23.0. The summed E-state index contributed by atoms with van der Waals surface area (Å²) >= 11 is 0. The highest BCUT2D eigenvalue weighted by Crippen LogP contribution is 2.12. The van der Waals surface area contributed by atoms with Gasteiger partial charge < -0.3 is 15.9 Å². The molecule has 9 heteroatoms. The molecule has 0 radical (unpaired) electrons. The van der Waals surface area contributed by atoms with E-state index >= 15 is 0 Å². The number of hydrogen-bond acceptors (Lipinski definition) is 8. The molecule has 9 nitrogen and oxygen atoms in total. The van der Waals surface area contributed by atoms with E-state index in [1.807, 2.05) is 0 Å². The molecule has 4 unspecified atom stereocenters. The Morgan fingerprint density at radius 1 is 1.19 bits per heavy atom. The van der Waals surface area contributed by atoms with Crippen molar-refractivity contribution >= 4 is 11.7 Å². The Hall–Kier alpha value is -1.74.